The molecule has 1 heterocycles. The molecule has 0 saturated heterocycles. The molecule has 2 aromatic rings. The van der Waals surface area contributed by atoms with Gasteiger partial charge in [0.15, 0.2) is 0 Å². The molecule has 2 rings (SSSR count). The smallest absolute Gasteiger partial charge is 0.144 e. The van der Waals surface area contributed by atoms with E-state index < -0.39 is 0 Å². The van der Waals surface area contributed by atoms with Gasteiger partial charge in [0.1, 0.15) is 11.6 Å². The third kappa shape index (κ3) is 4.60. The Bertz CT molecular complexity index is 600. The van der Waals surface area contributed by atoms with Gasteiger partial charge in [0.25, 0.3) is 0 Å². The summed E-state index contributed by atoms with van der Waals surface area (Å²) < 4.78 is 5.59. The van der Waals surface area contributed by atoms with Gasteiger partial charge in [-0.05, 0) is 39.0 Å². The lowest BCUT2D eigenvalue weighted by Gasteiger charge is -2.12. The van der Waals surface area contributed by atoms with E-state index in [0.29, 0.717) is 22.3 Å². The van der Waals surface area contributed by atoms with Crippen LogP contribution in [0.15, 0.2) is 24.4 Å². The van der Waals surface area contributed by atoms with Crippen molar-refractivity contribution in [3.05, 3.63) is 35.1 Å². The van der Waals surface area contributed by atoms with Crippen LogP contribution < -0.4 is 10.5 Å². The highest BCUT2D eigenvalue weighted by Gasteiger charge is 2.08. The number of nitrogen functional groups attached to an aromatic ring is 1. The topological polar surface area (TPSA) is 61.0 Å². The highest BCUT2D eigenvalue weighted by Crippen LogP contribution is 2.30. The summed E-state index contributed by atoms with van der Waals surface area (Å²) in [6, 6.07) is 5.56. The Labute approximate surface area is 131 Å². The molecule has 0 fully saturated rings. The van der Waals surface area contributed by atoms with Crippen LogP contribution in [-0.2, 0) is 0 Å². The van der Waals surface area contributed by atoms with E-state index in [1.807, 2.05) is 52.8 Å². The number of aromatic nitrogens is 2. The molecule has 2 N–H and O–H groups in total. The van der Waals surface area contributed by atoms with Crippen molar-refractivity contribution < 1.29 is 4.74 Å². The van der Waals surface area contributed by atoms with Crippen LogP contribution in [0.25, 0.3) is 11.3 Å². The molecule has 0 unspecified atom stereocenters. The highest BCUT2D eigenvalue weighted by atomic mass is 35.5. The molecule has 0 bridgehead atoms. The molecule has 1 aromatic heterocycles. The van der Waals surface area contributed by atoms with E-state index in [-0.39, 0.29) is 6.10 Å². The van der Waals surface area contributed by atoms with Gasteiger partial charge in [-0.1, -0.05) is 25.4 Å². The fourth-order valence-corrected chi connectivity index (χ4v) is 1.86. The number of halogens is 1. The van der Waals surface area contributed by atoms with Gasteiger partial charge in [0, 0.05) is 5.56 Å². The van der Waals surface area contributed by atoms with E-state index in [2.05, 4.69) is 9.97 Å². The van der Waals surface area contributed by atoms with Gasteiger partial charge < -0.3 is 10.5 Å². The van der Waals surface area contributed by atoms with Gasteiger partial charge in [0.2, 0.25) is 0 Å². The van der Waals surface area contributed by atoms with E-state index in [1.54, 1.807) is 6.20 Å². The fourth-order valence-electron chi connectivity index (χ4n) is 1.64. The Morgan fingerprint density at radius 3 is 2.43 bits per heavy atom. The highest BCUT2D eigenvalue weighted by molar-refractivity contribution is 6.32. The number of nitrogens with two attached hydrogens (primary N) is 1. The zero-order valence-corrected chi connectivity index (χ0v) is 13.9. The average molecular weight is 308 g/mol. The summed E-state index contributed by atoms with van der Waals surface area (Å²) in [5.41, 5.74) is 7.99. The van der Waals surface area contributed by atoms with E-state index in [9.17, 15) is 0 Å². The van der Waals surface area contributed by atoms with Crippen LogP contribution >= 0.6 is 11.6 Å². The van der Waals surface area contributed by atoms with Crippen LogP contribution in [0.1, 0.15) is 33.4 Å². The Kier molecular flexibility index (Phi) is 6.43. The minimum atomic E-state index is 0.0851. The first-order valence-electron chi connectivity index (χ1n) is 7.03. The average Bonchev–Trinajstić information content (AvgIpc) is 2.46. The Morgan fingerprint density at radius 2 is 1.90 bits per heavy atom. The lowest BCUT2D eigenvalue weighted by molar-refractivity contribution is 0.242. The predicted molar refractivity (Wildman–Crippen MR) is 88.7 cm³/mol. The van der Waals surface area contributed by atoms with Crippen LogP contribution in [0, 0.1) is 6.92 Å². The number of hydrogen-bond donors (Lipinski definition) is 1. The van der Waals surface area contributed by atoms with Crippen LogP contribution in [0.3, 0.4) is 0 Å². The molecule has 5 heteroatoms. The van der Waals surface area contributed by atoms with Crippen molar-refractivity contribution in [1.82, 2.24) is 9.97 Å². The van der Waals surface area contributed by atoms with Gasteiger partial charge in [-0.15, -0.1) is 0 Å². The monoisotopic (exact) mass is 307 g/mol. The van der Waals surface area contributed by atoms with E-state index in [4.69, 9.17) is 22.1 Å². The number of benzene rings is 1. The standard InChI is InChI=1S/C14H16ClN3O.C2H6/c1-8(2)19-13-5-4-10(6-11(13)15)12-7-17-14(16)9(3)18-12;1-2/h4-8H,1-3H3,(H2,16,17);1-2H3. The number of hydrogen-bond acceptors (Lipinski definition) is 4. The Morgan fingerprint density at radius 1 is 1.24 bits per heavy atom. The molecule has 0 radical (unpaired) electrons. The maximum atomic E-state index is 6.20. The van der Waals surface area contributed by atoms with Crippen molar-refractivity contribution in [3.8, 4) is 17.0 Å². The van der Waals surface area contributed by atoms with Gasteiger partial charge in [-0.2, -0.15) is 0 Å². The second-order valence-electron chi connectivity index (χ2n) is 4.54. The van der Waals surface area contributed by atoms with Gasteiger partial charge in [0.05, 0.1) is 28.7 Å². The molecule has 0 atom stereocenters. The van der Waals surface area contributed by atoms with Crippen molar-refractivity contribution >= 4 is 17.4 Å². The second kappa shape index (κ2) is 7.84. The lowest BCUT2D eigenvalue weighted by atomic mass is 10.1. The molecule has 0 aliphatic heterocycles. The molecule has 0 saturated carbocycles. The second-order valence-corrected chi connectivity index (χ2v) is 4.94. The molecule has 1 aromatic carbocycles. The van der Waals surface area contributed by atoms with Gasteiger partial charge >= 0.3 is 0 Å². The summed E-state index contributed by atoms with van der Waals surface area (Å²) in [6.07, 6.45) is 1.72. The Hall–Kier alpha value is -1.81. The van der Waals surface area contributed by atoms with E-state index in [0.717, 1.165) is 11.3 Å². The maximum absolute atomic E-state index is 6.20. The van der Waals surface area contributed by atoms with E-state index >= 15 is 0 Å². The molecule has 0 spiro atoms. The minimum Gasteiger partial charge on any atom is -0.489 e. The number of rotatable bonds is 3. The number of aryl methyl sites for hydroxylation is 1. The number of nitrogens with zero attached hydrogens (tertiary/aromatic N) is 2. The molecule has 0 aliphatic rings. The SMILES string of the molecule is CC.Cc1nc(-c2ccc(OC(C)C)c(Cl)c2)cnc1N. The summed E-state index contributed by atoms with van der Waals surface area (Å²) >= 11 is 6.20. The Balaban J connectivity index is 0.00000106. The van der Waals surface area contributed by atoms with Gasteiger partial charge in [-0.3, -0.25) is 0 Å². The third-order valence-corrected chi connectivity index (χ3v) is 2.87. The quantitative estimate of drug-likeness (QED) is 0.906. The van der Waals surface area contributed by atoms with Crippen molar-refractivity contribution in [3.63, 3.8) is 0 Å². The third-order valence-electron chi connectivity index (χ3n) is 2.58. The fraction of sp³-hybridized carbons (Fsp3) is 0.375. The molecular formula is C16H22ClN3O. The molecule has 21 heavy (non-hydrogen) atoms. The molecule has 4 nitrogen and oxygen atoms in total. The van der Waals surface area contributed by atoms with Crippen molar-refractivity contribution in [2.45, 2.75) is 40.7 Å². The predicted octanol–water partition coefficient (Wildman–Crippen LogP) is 4.50. The molecular weight excluding hydrogens is 286 g/mol. The molecule has 0 amide bonds. The first-order chi connectivity index (χ1) is 9.97. The van der Waals surface area contributed by atoms with Crippen LogP contribution in [-0.4, -0.2) is 16.1 Å². The summed E-state index contributed by atoms with van der Waals surface area (Å²) in [7, 11) is 0. The summed E-state index contributed by atoms with van der Waals surface area (Å²) in [5, 5.41) is 0.558. The summed E-state index contributed by atoms with van der Waals surface area (Å²) in [6.45, 7) is 9.74. The number of ether oxygens (including phenoxy) is 1. The van der Waals surface area contributed by atoms with E-state index in [1.165, 1.54) is 0 Å². The van der Waals surface area contributed by atoms with Crippen LogP contribution in [0.5, 0.6) is 5.75 Å². The first kappa shape index (κ1) is 17.2. The molecule has 114 valence electrons. The first-order valence-corrected chi connectivity index (χ1v) is 7.41. The maximum Gasteiger partial charge on any atom is 0.144 e. The largest absolute Gasteiger partial charge is 0.489 e. The van der Waals surface area contributed by atoms with Crippen molar-refractivity contribution in [1.29, 1.82) is 0 Å². The van der Waals surface area contributed by atoms with Crippen molar-refractivity contribution in [2.24, 2.45) is 0 Å². The van der Waals surface area contributed by atoms with Crippen LogP contribution in [0.2, 0.25) is 5.02 Å². The molecule has 0 aliphatic carbocycles. The number of anilines is 1. The van der Waals surface area contributed by atoms with Crippen molar-refractivity contribution in [2.75, 3.05) is 5.73 Å². The minimum absolute atomic E-state index is 0.0851. The summed E-state index contributed by atoms with van der Waals surface area (Å²) in [4.78, 5) is 8.48. The van der Waals surface area contributed by atoms with Gasteiger partial charge in [-0.25, -0.2) is 9.97 Å². The lowest BCUT2D eigenvalue weighted by Crippen LogP contribution is -2.05. The zero-order valence-electron chi connectivity index (χ0n) is 13.1. The normalized spacial score (nSPS) is 10.0. The summed E-state index contributed by atoms with van der Waals surface area (Å²) in [5.74, 6) is 1.11. The van der Waals surface area contributed by atoms with Crippen LogP contribution in [0.4, 0.5) is 5.82 Å². The zero-order chi connectivity index (χ0) is 16.0.